The summed E-state index contributed by atoms with van der Waals surface area (Å²) in [7, 11) is 0. The van der Waals surface area contributed by atoms with Gasteiger partial charge in [-0.25, -0.2) is 4.98 Å². The molecule has 2 aromatic heterocycles. The third kappa shape index (κ3) is 5.55. The van der Waals surface area contributed by atoms with E-state index in [4.69, 9.17) is 9.47 Å². The maximum atomic E-state index is 13.1. The first-order valence-electron chi connectivity index (χ1n) is 11.9. The van der Waals surface area contributed by atoms with E-state index >= 15 is 0 Å². The molecule has 1 atom stereocenters. The van der Waals surface area contributed by atoms with E-state index in [0.717, 1.165) is 34.4 Å². The van der Waals surface area contributed by atoms with Crippen LogP contribution in [0, 0.1) is 5.92 Å². The minimum Gasteiger partial charge on any atom is -0.474 e. The predicted molar refractivity (Wildman–Crippen MR) is 133 cm³/mol. The van der Waals surface area contributed by atoms with Gasteiger partial charge in [0.05, 0.1) is 37.2 Å². The van der Waals surface area contributed by atoms with Crippen molar-refractivity contribution in [2.24, 2.45) is 5.92 Å². The molecule has 10 heteroatoms. The van der Waals surface area contributed by atoms with E-state index in [9.17, 15) is 9.59 Å². The molecule has 2 N–H and O–H groups in total. The second-order valence-electron chi connectivity index (χ2n) is 9.17. The summed E-state index contributed by atoms with van der Waals surface area (Å²) in [6.45, 7) is 3.07. The van der Waals surface area contributed by atoms with Gasteiger partial charge in [-0.05, 0) is 46.5 Å². The van der Waals surface area contributed by atoms with Gasteiger partial charge in [-0.15, -0.1) is 11.3 Å². The molecule has 1 saturated heterocycles. The molecule has 5 rings (SSSR count). The van der Waals surface area contributed by atoms with E-state index in [1.165, 1.54) is 24.2 Å². The Bertz CT molecular complexity index is 1040. The third-order valence-corrected chi connectivity index (χ3v) is 8.12. The number of ether oxygens (including phenoxy) is 2. The summed E-state index contributed by atoms with van der Waals surface area (Å²) in [6, 6.07) is 5.37. The first kappa shape index (κ1) is 23.6. The number of anilines is 1. The number of rotatable bonds is 8. The van der Waals surface area contributed by atoms with Crippen LogP contribution in [0.2, 0.25) is 0 Å². The first-order chi connectivity index (χ1) is 16.5. The number of nitrogens with zero attached hydrogens (tertiary/aromatic N) is 2. The topological polar surface area (TPSA) is 92.8 Å². The highest BCUT2D eigenvalue weighted by atomic mass is 79.9. The highest BCUT2D eigenvalue weighted by molar-refractivity contribution is 9.10. The lowest BCUT2D eigenvalue weighted by Crippen LogP contribution is -2.55. The molecule has 1 saturated carbocycles. The minimum atomic E-state index is -0.517. The normalized spacial score (nSPS) is 19.1. The molecule has 2 aromatic rings. The summed E-state index contributed by atoms with van der Waals surface area (Å²) in [5, 5.41) is 6.04. The van der Waals surface area contributed by atoms with Crippen LogP contribution < -0.4 is 20.3 Å². The van der Waals surface area contributed by atoms with Gasteiger partial charge in [0, 0.05) is 15.5 Å². The molecule has 3 aliphatic rings. The molecule has 2 fully saturated rings. The van der Waals surface area contributed by atoms with E-state index in [-0.39, 0.29) is 17.9 Å². The lowest BCUT2D eigenvalue weighted by Gasteiger charge is -2.30. The average Bonchev–Trinajstić information content (AvgIpc) is 3.48. The molecule has 34 heavy (non-hydrogen) atoms. The minimum absolute atomic E-state index is 0.0507. The van der Waals surface area contributed by atoms with Crippen molar-refractivity contribution in [2.45, 2.75) is 50.7 Å². The molecule has 0 spiro atoms. The summed E-state index contributed by atoms with van der Waals surface area (Å²) in [5.41, 5.74) is 0.938. The van der Waals surface area contributed by atoms with E-state index in [2.05, 4.69) is 36.4 Å². The van der Waals surface area contributed by atoms with Gasteiger partial charge in [-0.1, -0.05) is 25.7 Å². The molecule has 4 heterocycles. The summed E-state index contributed by atoms with van der Waals surface area (Å²) >= 11 is 4.94. The number of amides is 2. The lowest BCUT2D eigenvalue weighted by atomic mass is 9.97. The number of halogens is 1. The van der Waals surface area contributed by atoms with Gasteiger partial charge in [0.15, 0.2) is 0 Å². The Hall–Kier alpha value is -2.17. The van der Waals surface area contributed by atoms with Crippen molar-refractivity contribution in [3.63, 3.8) is 0 Å². The summed E-state index contributed by atoms with van der Waals surface area (Å²) in [4.78, 5) is 34.2. The van der Waals surface area contributed by atoms with Gasteiger partial charge < -0.3 is 25.0 Å². The van der Waals surface area contributed by atoms with Crippen LogP contribution in [-0.2, 0) is 16.1 Å². The molecule has 8 nitrogen and oxygen atoms in total. The molecular weight excluding hydrogens is 520 g/mol. The maximum absolute atomic E-state index is 13.1. The van der Waals surface area contributed by atoms with Gasteiger partial charge in [0.2, 0.25) is 11.8 Å². The monoisotopic (exact) mass is 548 g/mol. The van der Waals surface area contributed by atoms with E-state index in [1.807, 2.05) is 18.2 Å². The van der Waals surface area contributed by atoms with Crippen molar-refractivity contribution >= 4 is 44.8 Å². The number of hydrogen-bond acceptors (Lipinski definition) is 7. The van der Waals surface area contributed by atoms with Crippen molar-refractivity contribution in [2.75, 3.05) is 31.3 Å². The first-order valence-corrected chi connectivity index (χ1v) is 13.5. The van der Waals surface area contributed by atoms with Crippen LogP contribution >= 0.6 is 27.3 Å². The zero-order chi connectivity index (χ0) is 23.5. The average molecular weight is 549 g/mol. The van der Waals surface area contributed by atoms with Crippen LogP contribution in [0.15, 0.2) is 28.9 Å². The van der Waals surface area contributed by atoms with Gasteiger partial charge in [0.1, 0.15) is 18.3 Å². The van der Waals surface area contributed by atoms with Crippen LogP contribution in [0.25, 0.3) is 0 Å². The Morgan fingerprint density at radius 3 is 2.85 bits per heavy atom. The van der Waals surface area contributed by atoms with Crippen molar-refractivity contribution in [1.82, 2.24) is 15.6 Å². The number of carbonyl (C=O) groups excluding carboxylic acids is 2. The van der Waals surface area contributed by atoms with Crippen LogP contribution in [0.1, 0.15) is 46.7 Å². The fraction of sp³-hybridized carbons (Fsp3) is 0.542. The number of nitrogens with one attached hydrogen (secondary N) is 2. The van der Waals surface area contributed by atoms with Crippen molar-refractivity contribution in [3.8, 4) is 5.88 Å². The van der Waals surface area contributed by atoms with Crippen LogP contribution in [0.3, 0.4) is 0 Å². The molecule has 2 amide bonds. The number of hydrogen-bond donors (Lipinski definition) is 2. The van der Waals surface area contributed by atoms with Crippen LogP contribution in [0.4, 0.5) is 5.69 Å². The lowest BCUT2D eigenvalue weighted by molar-refractivity contribution is -0.127. The Morgan fingerprint density at radius 1 is 1.26 bits per heavy atom. The molecule has 0 bridgehead atoms. The fourth-order valence-electron chi connectivity index (χ4n) is 4.73. The van der Waals surface area contributed by atoms with Gasteiger partial charge in [0.25, 0.3) is 5.91 Å². The largest absolute Gasteiger partial charge is 0.474 e. The summed E-state index contributed by atoms with van der Waals surface area (Å²) in [5.74, 6) is 0.822. The third-order valence-electron chi connectivity index (χ3n) is 6.62. The number of fused-ring (bicyclic) bond motifs is 1. The SMILES string of the molecule is O=C(NC(CC1CCCC1)C(=O)NC1COC1)c1ccc(CN2CCOc3ncc(Br)cc32)s1. The van der Waals surface area contributed by atoms with Gasteiger partial charge in [-0.2, -0.15) is 0 Å². The van der Waals surface area contributed by atoms with E-state index in [1.54, 1.807) is 6.20 Å². The molecular formula is C24H29BrN4O4S. The van der Waals surface area contributed by atoms with E-state index in [0.29, 0.717) is 49.5 Å². The summed E-state index contributed by atoms with van der Waals surface area (Å²) < 4.78 is 11.7. The second-order valence-corrected chi connectivity index (χ2v) is 11.3. The zero-order valence-electron chi connectivity index (χ0n) is 18.9. The highest BCUT2D eigenvalue weighted by Gasteiger charge is 2.30. The number of thiophene rings is 1. The van der Waals surface area contributed by atoms with Crippen molar-refractivity contribution in [3.05, 3.63) is 38.6 Å². The smallest absolute Gasteiger partial charge is 0.262 e. The maximum Gasteiger partial charge on any atom is 0.262 e. The number of carbonyl (C=O) groups is 2. The standard InChI is InChI=1S/C24H29BrN4O4S/c25-16-10-20-24(26-11-16)33-8-7-29(20)12-18-5-6-21(34-18)23(31)28-19(9-15-3-1-2-4-15)22(30)27-17-13-32-14-17/h5-6,10-11,15,17,19H,1-4,7-9,12-14H2,(H,27,30)(H,28,31). The Balaban J connectivity index is 1.24. The molecule has 2 aliphatic heterocycles. The van der Waals surface area contributed by atoms with Crippen molar-refractivity contribution in [1.29, 1.82) is 0 Å². The van der Waals surface area contributed by atoms with Gasteiger partial charge >= 0.3 is 0 Å². The summed E-state index contributed by atoms with van der Waals surface area (Å²) in [6.07, 6.45) is 7.08. The number of aromatic nitrogens is 1. The Labute approximate surface area is 211 Å². The van der Waals surface area contributed by atoms with E-state index < -0.39 is 6.04 Å². The fourth-order valence-corrected chi connectivity index (χ4v) is 5.97. The van der Waals surface area contributed by atoms with Gasteiger partial charge in [-0.3, -0.25) is 9.59 Å². The van der Waals surface area contributed by atoms with Crippen LogP contribution in [0.5, 0.6) is 5.88 Å². The predicted octanol–water partition coefficient (Wildman–Crippen LogP) is 3.50. The van der Waals surface area contributed by atoms with Crippen molar-refractivity contribution < 1.29 is 19.1 Å². The Morgan fingerprint density at radius 2 is 2.09 bits per heavy atom. The highest BCUT2D eigenvalue weighted by Crippen LogP contribution is 2.34. The molecule has 182 valence electrons. The number of pyridine rings is 1. The zero-order valence-corrected chi connectivity index (χ0v) is 21.3. The molecule has 0 aromatic carbocycles. The quantitative estimate of drug-likeness (QED) is 0.524. The Kier molecular flexibility index (Phi) is 7.36. The molecule has 1 aliphatic carbocycles. The molecule has 1 unspecified atom stereocenters. The molecule has 0 radical (unpaired) electrons. The van der Waals surface area contributed by atoms with Crippen LogP contribution in [-0.4, -0.2) is 55.2 Å². The second kappa shape index (κ2) is 10.6.